The number of hydrogen-bond acceptors (Lipinski definition) is 4. The van der Waals surface area contributed by atoms with Crippen LogP contribution in [-0.4, -0.2) is 50.7 Å². The number of guanidine groups is 1. The topological polar surface area (TPSA) is 39.7 Å². The van der Waals surface area contributed by atoms with E-state index in [1.54, 1.807) is 0 Å². The molecule has 1 aliphatic heterocycles. The molecular formula is C15H26N4S2. The van der Waals surface area contributed by atoms with Crippen LogP contribution in [-0.2, 0) is 0 Å². The van der Waals surface area contributed by atoms with Gasteiger partial charge in [-0.15, -0.1) is 11.3 Å². The van der Waals surface area contributed by atoms with Crippen molar-refractivity contribution in [1.82, 2.24) is 10.6 Å². The lowest BCUT2D eigenvalue weighted by Crippen LogP contribution is -2.48. The Labute approximate surface area is 136 Å². The summed E-state index contributed by atoms with van der Waals surface area (Å²) in [7, 11) is 1.85. The van der Waals surface area contributed by atoms with Crippen LogP contribution in [0.5, 0.6) is 0 Å². The van der Waals surface area contributed by atoms with E-state index >= 15 is 0 Å². The summed E-state index contributed by atoms with van der Waals surface area (Å²) in [5, 5.41) is 10.5. The highest BCUT2D eigenvalue weighted by molar-refractivity contribution is 7.98. The second-order valence-corrected chi connectivity index (χ2v) is 7.11. The molecule has 0 unspecified atom stereocenters. The van der Waals surface area contributed by atoms with Crippen molar-refractivity contribution in [3.05, 3.63) is 17.5 Å². The molecule has 2 N–H and O–H groups in total. The van der Waals surface area contributed by atoms with Crippen molar-refractivity contribution in [2.45, 2.75) is 25.3 Å². The fourth-order valence-corrected chi connectivity index (χ4v) is 3.72. The van der Waals surface area contributed by atoms with Crippen LogP contribution in [0.4, 0.5) is 5.00 Å². The number of thiophene rings is 1. The zero-order chi connectivity index (χ0) is 14.9. The molecule has 21 heavy (non-hydrogen) atoms. The van der Waals surface area contributed by atoms with Crippen molar-refractivity contribution < 1.29 is 0 Å². The Morgan fingerprint density at radius 1 is 1.48 bits per heavy atom. The first kappa shape index (κ1) is 16.5. The molecule has 1 fully saturated rings. The molecule has 0 bridgehead atoms. The van der Waals surface area contributed by atoms with Gasteiger partial charge in [0.05, 0.1) is 5.00 Å². The van der Waals surface area contributed by atoms with Crippen LogP contribution in [0.2, 0.25) is 0 Å². The minimum absolute atomic E-state index is 0.535. The molecule has 1 aromatic heterocycles. The molecule has 2 heterocycles. The van der Waals surface area contributed by atoms with Gasteiger partial charge >= 0.3 is 0 Å². The Morgan fingerprint density at radius 3 is 2.90 bits per heavy atom. The van der Waals surface area contributed by atoms with Gasteiger partial charge < -0.3 is 15.5 Å². The minimum atomic E-state index is 0.535. The Bertz CT molecular complexity index is 411. The van der Waals surface area contributed by atoms with Gasteiger partial charge in [0.2, 0.25) is 0 Å². The van der Waals surface area contributed by atoms with E-state index in [0.717, 1.165) is 25.6 Å². The number of piperidine rings is 1. The summed E-state index contributed by atoms with van der Waals surface area (Å²) in [5.74, 6) is 2.15. The van der Waals surface area contributed by atoms with Gasteiger partial charge in [0.25, 0.3) is 0 Å². The van der Waals surface area contributed by atoms with Crippen molar-refractivity contribution >= 4 is 34.1 Å². The second kappa shape index (κ2) is 9.20. The molecule has 0 aromatic carbocycles. The summed E-state index contributed by atoms with van der Waals surface area (Å²) in [5.41, 5.74) is 0. The molecule has 0 atom stereocenters. The lowest BCUT2D eigenvalue weighted by atomic mass is 10.1. The SMILES string of the molecule is CN=C(NCCCSC)NC1CCN(c2cccs2)CC1. The van der Waals surface area contributed by atoms with Gasteiger partial charge in [-0.05, 0) is 48.8 Å². The number of nitrogens with zero attached hydrogens (tertiary/aromatic N) is 2. The van der Waals surface area contributed by atoms with E-state index in [4.69, 9.17) is 0 Å². The maximum absolute atomic E-state index is 4.32. The molecule has 0 saturated carbocycles. The molecule has 0 aliphatic carbocycles. The third-order valence-corrected chi connectivity index (χ3v) is 5.32. The van der Waals surface area contributed by atoms with E-state index in [0.29, 0.717) is 6.04 Å². The summed E-state index contributed by atoms with van der Waals surface area (Å²) in [4.78, 5) is 6.81. The normalized spacial score (nSPS) is 17.0. The fourth-order valence-electron chi connectivity index (χ4n) is 2.51. The predicted octanol–water partition coefficient (Wildman–Crippen LogP) is 2.64. The molecule has 0 radical (unpaired) electrons. The third kappa shape index (κ3) is 5.43. The van der Waals surface area contributed by atoms with E-state index in [-0.39, 0.29) is 0 Å². The van der Waals surface area contributed by atoms with Crippen LogP contribution >= 0.6 is 23.1 Å². The summed E-state index contributed by atoms with van der Waals surface area (Å²) in [6.07, 6.45) is 5.67. The van der Waals surface area contributed by atoms with Gasteiger partial charge in [0.15, 0.2) is 5.96 Å². The Kier molecular flexibility index (Phi) is 7.23. The van der Waals surface area contributed by atoms with E-state index in [9.17, 15) is 0 Å². The largest absolute Gasteiger partial charge is 0.363 e. The molecule has 0 spiro atoms. The predicted molar refractivity (Wildman–Crippen MR) is 97.1 cm³/mol. The van der Waals surface area contributed by atoms with Gasteiger partial charge in [-0.3, -0.25) is 4.99 Å². The molecule has 118 valence electrons. The van der Waals surface area contributed by atoms with Gasteiger partial charge in [-0.1, -0.05) is 0 Å². The van der Waals surface area contributed by atoms with Crippen molar-refractivity contribution in [3.8, 4) is 0 Å². The summed E-state index contributed by atoms with van der Waals surface area (Å²) in [6.45, 7) is 3.25. The molecule has 6 heteroatoms. The third-order valence-electron chi connectivity index (χ3n) is 3.69. The highest BCUT2D eigenvalue weighted by atomic mass is 32.2. The number of nitrogens with one attached hydrogen (secondary N) is 2. The smallest absolute Gasteiger partial charge is 0.191 e. The maximum Gasteiger partial charge on any atom is 0.191 e. The maximum atomic E-state index is 4.32. The number of rotatable bonds is 6. The average molecular weight is 327 g/mol. The highest BCUT2D eigenvalue weighted by Gasteiger charge is 2.20. The quantitative estimate of drug-likeness (QED) is 0.479. The second-order valence-electron chi connectivity index (χ2n) is 5.20. The number of thioether (sulfide) groups is 1. The van der Waals surface area contributed by atoms with E-state index in [1.165, 1.54) is 30.0 Å². The summed E-state index contributed by atoms with van der Waals surface area (Å²) in [6, 6.07) is 4.88. The molecule has 0 amide bonds. The molecular weight excluding hydrogens is 300 g/mol. The molecule has 2 rings (SSSR count). The van der Waals surface area contributed by atoms with Crippen LogP contribution in [0, 0.1) is 0 Å². The molecule has 1 saturated heterocycles. The van der Waals surface area contributed by atoms with Gasteiger partial charge in [-0.25, -0.2) is 0 Å². The first-order valence-electron chi connectivity index (χ1n) is 7.58. The van der Waals surface area contributed by atoms with Crippen molar-refractivity contribution in [2.75, 3.05) is 43.6 Å². The van der Waals surface area contributed by atoms with Crippen molar-refractivity contribution in [3.63, 3.8) is 0 Å². The van der Waals surface area contributed by atoms with Gasteiger partial charge in [0.1, 0.15) is 0 Å². The number of aliphatic imine (C=N–C) groups is 1. The molecule has 4 nitrogen and oxygen atoms in total. The van der Waals surface area contributed by atoms with E-state index < -0.39 is 0 Å². The van der Waals surface area contributed by atoms with E-state index in [1.807, 2.05) is 30.1 Å². The zero-order valence-electron chi connectivity index (χ0n) is 13.0. The Balaban J connectivity index is 1.69. The molecule has 1 aliphatic rings. The standard InChI is InChI=1S/C15H26N4S2/c1-16-15(17-8-4-11-20-2)18-13-6-9-19(10-7-13)14-5-3-12-21-14/h3,5,12-13H,4,6-11H2,1-2H3,(H2,16,17,18). The average Bonchev–Trinajstić information content (AvgIpc) is 3.05. The number of hydrogen-bond donors (Lipinski definition) is 2. The van der Waals surface area contributed by atoms with Crippen LogP contribution < -0.4 is 15.5 Å². The zero-order valence-corrected chi connectivity index (χ0v) is 14.6. The Hall–Kier alpha value is -0.880. The monoisotopic (exact) mass is 326 g/mol. The van der Waals surface area contributed by atoms with E-state index in [2.05, 4.69) is 44.3 Å². The fraction of sp³-hybridized carbons (Fsp3) is 0.667. The van der Waals surface area contributed by atoms with Crippen LogP contribution in [0.1, 0.15) is 19.3 Å². The van der Waals surface area contributed by atoms with Gasteiger partial charge in [0, 0.05) is 32.7 Å². The van der Waals surface area contributed by atoms with Crippen LogP contribution in [0.3, 0.4) is 0 Å². The summed E-state index contributed by atoms with van der Waals surface area (Å²) >= 11 is 3.72. The van der Waals surface area contributed by atoms with Crippen molar-refractivity contribution in [1.29, 1.82) is 0 Å². The summed E-state index contributed by atoms with van der Waals surface area (Å²) < 4.78 is 0. The first-order valence-corrected chi connectivity index (χ1v) is 9.85. The highest BCUT2D eigenvalue weighted by Crippen LogP contribution is 2.24. The van der Waals surface area contributed by atoms with Crippen molar-refractivity contribution in [2.24, 2.45) is 4.99 Å². The lowest BCUT2D eigenvalue weighted by Gasteiger charge is -2.33. The van der Waals surface area contributed by atoms with Crippen LogP contribution in [0.15, 0.2) is 22.5 Å². The number of anilines is 1. The lowest BCUT2D eigenvalue weighted by molar-refractivity contribution is 0.463. The Morgan fingerprint density at radius 2 is 2.29 bits per heavy atom. The van der Waals surface area contributed by atoms with Gasteiger partial charge in [-0.2, -0.15) is 11.8 Å². The molecule has 1 aromatic rings. The van der Waals surface area contributed by atoms with Crippen LogP contribution in [0.25, 0.3) is 0 Å². The first-order chi connectivity index (χ1) is 10.3. The minimum Gasteiger partial charge on any atom is -0.363 e.